The van der Waals surface area contributed by atoms with Gasteiger partial charge in [0.05, 0.1) is 11.0 Å². The SMILES string of the molecule is c1ccc(-c2cccc(N(c3ccc(-c4nc5ccccc5n4-c4ccccc4)cc3)c3cccc(-c4ccc5cc(N(c6ccc(-c7nc8ccccc8o7)cc6)c6cccc(-c7ccccc7)c6)ccc5c4)c3)c2)cc1. The van der Waals surface area contributed by atoms with Gasteiger partial charge in [-0.2, -0.15) is 0 Å². The van der Waals surface area contributed by atoms with Crippen molar-refractivity contribution in [3.8, 4) is 61.9 Å². The molecule has 14 rings (SSSR count). The van der Waals surface area contributed by atoms with Crippen LogP contribution >= 0.6 is 0 Å². The first-order valence-corrected chi connectivity index (χ1v) is 26.3. The van der Waals surface area contributed by atoms with Crippen LogP contribution in [0.5, 0.6) is 0 Å². The molecule has 0 aliphatic heterocycles. The minimum atomic E-state index is 0.601. The summed E-state index contributed by atoms with van der Waals surface area (Å²) in [7, 11) is 0. The number of nitrogens with zero attached hydrogens (tertiary/aromatic N) is 5. The number of rotatable bonds is 12. The zero-order chi connectivity index (χ0) is 51.8. The predicted molar refractivity (Wildman–Crippen MR) is 323 cm³/mol. The lowest BCUT2D eigenvalue weighted by Crippen LogP contribution is -2.10. The van der Waals surface area contributed by atoms with E-state index in [0.29, 0.717) is 5.89 Å². The fourth-order valence-electron chi connectivity index (χ4n) is 10.7. The van der Waals surface area contributed by atoms with Crippen molar-refractivity contribution >= 4 is 67.0 Å². The van der Waals surface area contributed by atoms with E-state index in [0.717, 1.165) is 112 Å². The molecule has 14 aromatic rings. The Morgan fingerprint density at radius 2 is 0.718 bits per heavy atom. The number of hydrogen-bond acceptors (Lipinski definition) is 5. The predicted octanol–water partition coefficient (Wildman–Crippen LogP) is 19.6. The molecule has 2 aromatic heterocycles. The van der Waals surface area contributed by atoms with Gasteiger partial charge in [0.15, 0.2) is 5.58 Å². The summed E-state index contributed by atoms with van der Waals surface area (Å²) >= 11 is 0. The van der Waals surface area contributed by atoms with E-state index in [-0.39, 0.29) is 0 Å². The molecule has 2 heterocycles. The van der Waals surface area contributed by atoms with E-state index in [4.69, 9.17) is 14.4 Å². The van der Waals surface area contributed by atoms with Gasteiger partial charge in [0, 0.05) is 50.9 Å². The largest absolute Gasteiger partial charge is 0.436 e. The Morgan fingerprint density at radius 3 is 1.32 bits per heavy atom. The van der Waals surface area contributed by atoms with Crippen molar-refractivity contribution in [2.75, 3.05) is 9.80 Å². The summed E-state index contributed by atoms with van der Waals surface area (Å²) in [6, 6.07) is 105. The van der Waals surface area contributed by atoms with E-state index >= 15 is 0 Å². The van der Waals surface area contributed by atoms with Crippen LogP contribution in [-0.4, -0.2) is 14.5 Å². The lowest BCUT2D eigenvalue weighted by Gasteiger charge is -2.27. The highest BCUT2D eigenvalue weighted by Crippen LogP contribution is 2.42. The first kappa shape index (κ1) is 46.0. The van der Waals surface area contributed by atoms with Crippen LogP contribution in [0.4, 0.5) is 34.1 Å². The van der Waals surface area contributed by atoms with E-state index in [1.807, 2.05) is 30.3 Å². The molecule has 0 aliphatic rings. The minimum absolute atomic E-state index is 0.601. The molecule has 0 atom stereocenters. The van der Waals surface area contributed by atoms with E-state index in [9.17, 15) is 0 Å². The average molecular weight is 1000 g/mol. The highest BCUT2D eigenvalue weighted by molar-refractivity contribution is 5.94. The van der Waals surface area contributed by atoms with Crippen molar-refractivity contribution in [2.45, 2.75) is 0 Å². The fourth-order valence-corrected chi connectivity index (χ4v) is 10.7. The van der Waals surface area contributed by atoms with Gasteiger partial charge in [-0.05, 0) is 184 Å². The third kappa shape index (κ3) is 8.83. The molecule has 368 valence electrons. The molecule has 0 unspecified atom stereocenters. The molecule has 0 amide bonds. The summed E-state index contributed by atoms with van der Waals surface area (Å²) in [5.41, 5.74) is 19.8. The number of anilines is 6. The molecule has 0 fully saturated rings. The van der Waals surface area contributed by atoms with Crippen LogP contribution in [0.25, 0.3) is 94.8 Å². The second kappa shape index (κ2) is 19.9. The molecule has 0 aliphatic carbocycles. The van der Waals surface area contributed by atoms with Gasteiger partial charge in [-0.15, -0.1) is 0 Å². The van der Waals surface area contributed by atoms with Crippen molar-refractivity contribution in [1.29, 1.82) is 0 Å². The first-order valence-electron chi connectivity index (χ1n) is 26.3. The molecule has 78 heavy (non-hydrogen) atoms. The summed E-state index contributed by atoms with van der Waals surface area (Å²) in [4.78, 5) is 14.6. The molecular formula is C72H49N5O. The standard InChI is InChI=1S/C72H49N5O/c1-4-17-50(18-5-1)54-21-14-26-63(46-54)75(61-40-35-52(36-41-61)71-73-67-29-10-12-31-69(67)77(71)60-24-8-3-9-25-60)65-28-16-23-56(48-65)57-33-34-59-49-66(44-39-58(59)45-57)76(64-27-15-22-55(47-64)51-19-6-2-7-20-51)62-42-37-53(38-43-62)72-74-68-30-11-13-32-70(68)78-72/h1-49H. The Morgan fingerprint density at radius 1 is 0.282 bits per heavy atom. The summed E-state index contributed by atoms with van der Waals surface area (Å²) < 4.78 is 8.42. The molecule has 0 bridgehead atoms. The van der Waals surface area contributed by atoms with Gasteiger partial charge < -0.3 is 14.2 Å². The maximum atomic E-state index is 6.17. The topological polar surface area (TPSA) is 50.3 Å². The van der Waals surface area contributed by atoms with Crippen LogP contribution in [0.15, 0.2) is 302 Å². The molecule has 0 spiro atoms. The second-order valence-electron chi connectivity index (χ2n) is 19.5. The third-order valence-corrected chi connectivity index (χ3v) is 14.6. The highest BCUT2D eigenvalue weighted by atomic mass is 16.3. The Bertz CT molecular complexity index is 4400. The Labute approximate surface area is 452 Å². The number of benzene rings is 12. The molecule has 6 heteroatoms. The summed E-state index contributed by atoms with van der Waals surface area (Å²) in [5, 5.41) is 2.29. The van der Waals surface area contributed by atoms with Crippen LogP contribution < -0.4 is 9.80 Å². The molecule has 6 nitrogen and oxygen atoms in total. The van der Waals surface area contributed by atoms with Crippen LogP contribution in [0.2, 0.25) is 0 Å². The van der Waals surface area contributed by atoms with Crippen LogP contribution in [-0.2, 0) is 0 Å². The van der Waals surface area contributed by atoms with Gasteiger partial charge in [0.1, 0.15) is 11.3 Å². The van der Waals surface area contributed by atoms with Crippen molar-refractivity contribution in [3.05, 3.63) is 297 Å². The molecule has 0 saturated carbocycles. The molecular weight excluding hydrogens is 951 g/mol. The summed E-state index contributed by atoms with van der Waals surface area (Å²) in [5.74, 6) is 1.50. The van der Waals surface area contributed by atoms with Crippen LogP contribution in [0.1, 0.15) is 0 Å². The molecule has 0 N–H and O–H groups in total. The minimum Gasteiger partial charge on any atom is -0.436 e. The zero-order valence-corrected chi connectivity index (χ0v) is 42.4. The normalized spacial score (nSPS) is 11.3. The molecule has 12 aromatic carbocycles. The number of aromatic nitrogens is 3. The number of fused-ring (bicyclic) bond motifs is 3. The third-order valence-electron chi connectivity index (χ3n) is 14.6. The van der Waals surface area contributed by atoms with Crippen LogP contribution in [0.3, 0.4) is 0 Å². The van der Waals surface area contributed by atoms with E-state index in [1.165, 1.54) is 11.1 Å². The molecule has 0 saturated heterocycles. The van der Waals surface area contributed by atoms with Gasteiger partial charge >= 0.3 is 0 Å². The fraction of sp³-hybridized carbons (Fsp3) is 0. The van der Waals surface area contributed by atoms with Gasteiger partial charge in [0.2, 0.25) is 5.89 Å². The van der Waals surface area contributed by atoms with Gasteiger partial charge in [-0.1, -0.05) is 158 Å². The van der Waals surface area contributed by atoms with Gasteiger partial charge in [0.25, 0.3) is 0 Å². The van der Waals surface area contributed by atoms with Gasteiger partial charge in [-0.25, -0.2) is 9.97 Å². The Kier molecular flexibility index (Phi) is 11.8. The van der Waals surface area contributed by atoms with Crippen molar-refractivity contribution in [3.63, 3.8) is 0 Å². The monoisotopic (exact) mass is 999 g/mol. The van der Waals surface area contributed by atoms with Crippen molar-refractivity contribution in [1.82, 2.24) is 14.5 Å². The lowest BCUT2D eigenvalue weighted by molar-refractivity contribution is 0.620. The number of hydrogen-bond donors (Lipinski definition) is 0. The maximum Gasteiger partial charge on any atom is 0.227 e. The second-order valence-corrected chi connectivity index (χ2v) is 19.5. The van der Waals surface area contributed by atoms with E-state index in [1.54, 1.807) is 0 Å². The average Bonchev–Trinajstić information content (AvgIpc) is 4.25. The zero-order valence-electron chi connectivity index (χ0n) is 42.4. The van der Waals surface area contributed by atoms with Crippen LogP contribution in [0, 0.1) is 0 Å². The Balaban J connectivity index is 0.826. The van der Waals surface area contributed by atoms with E-state index in [2.05, 4.69) is 281 Å². The molecule has 0 radical (unpaired) electrons. The van der Waals surface area contributed by atoms with Crippen molar-refractivity contribution in [2.24, 2.45) is 0 Å². The Hall–Kier alpha value is -10.6. The first-order chi connectivity index (χ1) is 38.6. The number of imidazole rings is 1. The van der Waals surface area contributed by atoms with Crippen molar-refractivity contribution < 1.29 is 4.42 Å². The summed E-state index contributed by atoms with van der Waals surface area (Å²) in [6.07, 6.45) is 0. The number of para-hydroxylation sites is 5. The highest BCUT2D eigenvalue weighted by Gasteiger charge is 2.20. The quantitative estimate of drug-likeness (QED) is 0.122. The maximum absolute atomic E-state index is 6.17. The van der Waals surface area contributed by atoms with Gasteiger partial charge in [-0.3, -0.25) is 4.57 Å². The lowest BCUT2D eigenvalue weighted by atomic mass is 9.99. The number of oxazole rings is 1. The smallest absolute Gasteiger partial charge is 0.227 e. The van der Waals surface area contributed by atoms with E-state index < -0.39 is 0 Å². The summed E-state index contributed by atoms with van der Waals surface area (Å²) in [6.45, 7) is 0.